The van der Waals surface area contributed by atoms with Crippen LogP contribution >= 0.6 is 0 Å². The van der Waals surface area contributed by atoms with Gasteiger partial charge in [-0.15, -0.1) is 0 Å². The molecule has 3 rings (SSSR count). The lowest BCUT2D eigenvalue weighted by molar-refractivity contribution is -0.113. The van der Waals surface area contributed by atoms with Crippen LogP contribution in [-0.2, 0) is 19.6 Å². The van der Waals surface area contributed by atoms with Crippen LogP contribution in [-0.4, -0.2) is 49.0 Å². The number of carbonyl (C=O) groups is 1. The smallest absolute Gasteiger partial charge is 0.277 e. The average molecular weight is 389 g/mol. The zero-order valence-electron chi connectivity index (χ0n) is 14.8. The lowest BCUT2D eigenvalue weighted by Gasteiger charge is -2.30. The second-order valence-corrected chi connectivity index (χ2v) is 7.77. The molecule has 2 heterocycles. The van der Waals surface area contributed by atoms with Gasteiger partial charge in [0.15, 0.2) is 11.5 Å². The summed E-state index contributed by atoms with van der Waals surface area (Å²) in [7, 11) is -2.64. The van der Waals surface area contributed by atoms with Crippen molar-refractivity contribution in [1.29, 1.82) is 0 Å². The molecule has 142 valence electrons. The van der Waals surface area contributed by atoms with Gasteiger partial charge in [0.2, 0.25) is 0 Å². The molecule has 1 aromatic carbocycles. The van der Waals surface area contributed by atoms with Crippen molar-refractivity contribution in [3.8, 4) is 0 Å². The van der Waals surface area contributed by atoms with Gasteiger partial charge in [-0.1, -0.05) is 18.2 Å². The van der Waals surface area contributed by atoms with Crippen LogP contribution in [0.4, 0.5) is 5.82 Å². The van der Waals surface area contributed by atoms with E-state index in [1.165, 1.54) is 13.1 Å². The maximum atomic E-state index is 12.9. The van der Waals surface area contributed by atoms with Gasteiger partial charge >= 0.3 is 0 Å². The Kier molecular flexibility index (Phi) is 5.15. The van der Waals surface area contributed by atoms with E-state index in [2.05, 4.69) is 10.3 Å². The highest BCUT2D eigenvalue weighted by molar-refractivity contribution is 7.89. The largest absolute Gasteiger partial charge is 0.488 e. The number of amides is 1. The number of nitrogens with zero attached hydrogens (tertiary/aromatic N) is 2. The van der Waals surface area contributed by atoms with Crippen molar-refractivity contribution in [2.24, 2.45) is 0 Å². The molecule has 0 atom stereocenters. The van der Waals surface area contributed by atoms with Gasteiger partial charge < -0.3 is 15.2 Å². The number of nitrogens with one attached hydrogen (secondary N) is 1. The van der Waals surface area contributed by atoms with E-state index in [0.717, 1.165) is 4.31 Å². The maximum absolute atomic E-state index is 12.9. The minimum Gasteiger partial charge on any atom is -0.488 e. The van der Waals surface area contributed by atoms with Crippen LogP contribution in [0.3, 0.4) is 0 Å². The Bertz CT molecular complexity index is 1020. The Labute approximate surface area is 157 Å². The van der Waals surface area contributed by atoms with Crippen LogP contribution < -0.4 is 5.32 Å². The van der Waals surface area contributed by atoms with Gasteiger partial charge in [0.1, 0.15) is 12.4 Å². The second kappa shape index (κ2) is 7.37. The van der Waals surface area contributed by atoms with E-state index < -0.39 is 15.9 Å². The first kappa shape index (κ1) is 18.9. The number of rotatable bonds is 5. The third kappa shape index (κ3) is 3.51. The molecule has 0 aliphatic carbocycles. The van der Waals surface area contributed by atoms with E-state index in [-0.39, 0.29) is 35.1 Å². The van der Waals surface area contributed by atoms with Gasteiger partial charge in [-0.3, -0.25) is 9.10 Å². The Hall–Kier alpha value is -2.91. The third-order valence-electron chi connectivity index (χ3n) is 3.98. The van der Waals surface area contributed by atoms with Crippen LogP contribution in [0.2, 0.25) is 0 Å². The normalized spacial score (nSPS) is 15.3. The lowest BCUT2D eigenvalue weighted by Crippen LogP contribution is -2.37. The van der Waals surface area contributed by atoms with Crippen molar-refractivity contribution in [3.05, 3.63) is 59.4 Å². The number of aliphatic hydroxyl groups is 1. The molecule has 2 aromatic rings. The van der Waals surface area contributed by atoms with Gasteiger partial charge in [-0.05, 0) is 31.2 Å². The molecule has 0 saturated carbocycles. The number of pyridine rings is 1. The van der Waals surface area contributed by atoms with Crippen molar-refractivity contribution >= 4 is 27.5 Å². The molecule has 2 N–H and O–H groups in total. The first-order chi connectivity index (χ1) is 12.9. The van der Waals surface area contributed by atoms with Gasteiger partial charge in [-0.2, -0.15) is 0 Å². The molecule has 0 bridgehead atoms. The fraction of sp³-hybridized carbons (Fsp3) is 0.222. The number of carbonyl (C=O) groups excluding carboxylic acids is 1. The van der Waals surface area contributed by atoms with E-state index in [1.54, 1.807) is 43.3 Å². The Morgan fingerprint density at radius 1 is 1.22 bits per heavy atom. The monoisotopic (exact) mass is 389 g/mol. The Balaban J connectivity index is 2.12. The molecule has 0 fully saturated rings. The molecular formula is C18H19N3O5S. The topological polar surface area (TPSA) is 109 Å². The van der Waals surface area contributed by atoms with E-state index in [0.29, 0.717) is 11.5 Å². The molecule has 1 aliphatic rings. The molecule has 0 saturated heterocycles. The number of aromatic nitrogens is 1. The minimum absolute atomic E-state index is 0.0330. The summed E-state index contributed by atoms with van der Waals surface area (Å²) in [4.78, 5) is 17.1. The van der Waals surface area contributed by atoms with Crippen molar-refractivity contribution in [1.82, 2.24) is 9.29 Å². The molecule has 0 radical (unpaired) electrons. The van der Waals surface area contributed by atoms with E-state index in [4.69, 9.17) is 9.84 Å². The third-order valence-corrected chi connectivity index (χ3v) is 5.80. The summed E-state index contributed by atoms with van der Waals surface area (Å²) in [6.07, 6.45) is 0. The quantitative estimate of drug-likeness (QED) is 0.799. The zero-order valence-corrected chi connectivity index (χ0v) is 15.7. The summed E-state index contributed by atoms with van der Waals surface area (Å²) in [6.45, 7) is 1.41. The minimum atomic E-state index is -3.92. The number of ether oxygens (including phenoxy) is 1. The summed E-state index contributed by atoms with van der Waals surface area (Å²) in [5, 5.41) is 11.7. The number of sulfonamides is 1. The first-order valence-corrected chi connectivity index (χ1v) is 9.61. The number of anilines is 1. The van der Waals surface area contributed by atoms with Crippen LogP contribution in [0.5, 0.6) is 0 Å². The van der Waals surface area contributed by atoms with Crippen LogP contribution in [0, 0.1) is 6.92 Å². The standard InChI is InChI=1S/C18H19N3O5S/c1-12-6-5-9-15(19-12)20-18(23)16-17(26-11-10-22)13-7-3-4-8-14(13)27(24,25)21(16)2/h3-9,22H,10-11H2,1-2H3,(H,19,20,23). The summed E-state index contributed by atoms with van der Waals surface area (Å²) < 4.78 is 32.1. The zero-order chi connectivity index (χ0) is 19.6. The second-order valence-electron chi connectivity index (χ2n) is 5.84. The number of aliphatic hydroxyl groups excluding tert-OH is 1. The Morgan fingerprint density at radius 2 is 1.96 bits per heavy atom. The predicted molar refractivity (Wildman–Crippen MR) is 99.0 cm³/mol. The number of likely N-dealkylation sites (N-methyl/N-ethyl adjacent to an activating group) is 1. The fourth-order valence-corrected chi connectivity index (χ4v) is 4.14. The molecule has 1 aliphatic heterocycles. The van der Waals surface area contributed by atoms with E-state index in [1.807, 2.05) is 0 Å². The van der Waals surface area contributed by atoms with Crippen molar-refractivity contribution in [2.75, 3.05) is 25.6 Å². The molecular weight excluding hydrogens is 370 g/mol. The number of hydrogen-bond donors (Lipinski definition) is 2. The highest BCUT2D eigenvalue weighted by Gasteiger charge is 2.38. The number of fused-ring (bicyclic) bond motifs is 1. The van der Waals surface area contributed by atoms with E-state index >= 15 is 0 Å². The fourth-order valence-electron chi connectivity index (χ4n) is 2.75. The van der Waals surface area contributed by atoms with Gasteiger partial charge in [0, 0.05) is 18.3 Å². The van der Waals surface area contributed by atoms with Crippen LogP contribution in [0.15, 0.2) is 53.1 Å². The molecule has 0 unspecified atom stereocenters. The number of benzene rings is 1. The molecule has 1 amide bonds. The molecule has 9 heteroatoms. The SMILES string of the molecule is Cc1cccc(NC(=O)C2=C(OCCO)c3ccccc3S(=O)(=O)N2C)n1. The van der Waals surface area contributed by atoms with Crippen LogP contribution in [0.25, 0.3) is 5.76 Å². The van der Waals surface area contributed by atoms with Crippen molar-refractivity contribution in [3.63, 3.8) is 0 Å². The predicted octanol–water partition coefficient (Wildman–Crippen LogP) is 1.34. The van der Waals surface area contributed by atoms with Gasteiger partial charge in [-0.25, -0.2) is 13.4 Å². The molecule has 27 heavy (non-hydrogen) atoms. The molecule has 0 spiro atoms. The maximum Gasteiger partial charge on any atom is 0.277 e. The highest BCUT2D eigenvalue weighted by atomic mass is 32.2. The average Bonchev–Trinajstić information content (AvgIpc) is 2.63. The van der Waals surface area contributed by atoms with Crippen molar-refractivity contribution < 1.29 is 23.1 Å². The molecule has 8 nitrogen and oxygen atoms in total. The number of hydrogen-bond acceptors (Lipinski definition) is 6. The van der Waals surface area contributed by atoms with Gasteiger partial charge in [0.05, 0.1) is 11.5 Å². The van der Waals surface area contributed by atoms with Gasteiger partial charge in [0.25, 0.3) is 15.9 Å². The summed E-state index contributed by atoms with van der Waals surface area (Å²) in [6, 6.07) is 11.4. The Morgan fingerprint density at radius 3 is 2.67 bits per heavy atom. The lowest BCUT2D eigenvalue weighted by atomic mass is 10.1. The highest BCUT2D eigenvalue weighted by Crippen LogP contribution is 2.36. The van der Waals surface area contributed by atoms with E-state index in [9.17, 15) is 13.2 Å². The summed E-state index contributed by atoms with van der Waals surface area (Å²) in [5.74, 6) is -0.303. The number of aryl methyl sites for hydroxylation is 1. The first-order valence-electron chi connectivity index (χ1n) is 8.17. The van der Waals surface area contributed by atoms with Crippen molar-refractivity contribution in [2.45, 2.75) is 11.8 Å². The summed E-state index contributed by atoms with van der Waals surface area (Å²) in [5.41, 5.74) is 0.797. The molecule has 1 aromatic heterocycles. The van der Waals surface area contributed by atoms with Crippen LogP contribution in [0.1, 0.15) is 11.3 Å². The summed E-state index contributed by atoms with van der Waals surface area (Å²) >= 11 is 0.